The van der Waals surface area contributed by atoms with Gasteiger partial charge in [-0.25, -0.2) is 4.79 Å². The lowest BCUT2D eigenvalue weighted by molar-refractivity contribution is -0.154. The molecule has 1 fully saturated rings. The summed E-state index contributed by atoms with van der Waals surface area (Å²) in [5.74, 6) is 0.212. The number of benzene rings is 1. The van der Waals surface area contributed by atoms with Crippen molar-refractivity contribution in [1.29, 1.82) is 0 Å². The lowest BCUT2D eigenvalue weighted by Crippen LogP contribution is -2.42. The lowest BCUT2D eigenvalue weighted by atomic mass is 9.99. The predicted molar refractivity (Wildman–Crippen MR) is 70.0 cm³/mol. The van der Waals surface area contributed by atoms with Crippen LogP contribution in [0.5, 0.6) is 5.75 Å². The van der Waals surface area contributed by atoms with Gasteiger partial charge in [0, 0.05) is 0 Å². The van der Waals surface area contributed by atoms with Crippen molar-refractivity contribution in [1.82, 2.24) is 0 Å². The van der Waals surface area contributed by atoms with Gasteiger partial charge in [-0.3, -0.25) is 0 Å². The second-order valence-corrected chi connectivity index (χ2v) is 5.30. The highest BCUT2D eigenvalue weighted by Gasteiger charge is 2.44. The smallest absolute Gasteiger partial charge is 0.348 e. The molecule has 0 unspecified atom stereocenters. The Balaban J connectivity index is 2.30. The van der Waals surface area contributed by atoms with E-state index >= 15 is 0 Å². The van der Waals surface area contributed by atoms with Gasteiger partial charge in [0.25, 0.3) is 0 Å². The number of para-hydroxylation sites is 1. The molecule has 98 valence electrons. The molecule has 1 aromatic rings. The zero-order valence-corrected chi connectivity index (χ0v) is 11.0. The summed E-state index contributed by atoms with van der Waals surface area (Å²) >= 11 is 0. The van der Waals surface area contributed by atoms with Crippen LogP contribution in [0.15, 0.2) is 24.3 Å². The number of carboxylic acid groups (broad SMARTS) is 1. The molecule has 1 aromatic carbocycles. The maximum absolute atomic E-state index is 11.5. The lowest BCUT2D eigenvalue weighted by Gasteiger charge is -2.27. The molecule has 0 aromatic heterocycles. The van der Waals surface area contributed by atoms with Crippen molar-refractivity contribution < 1.29 is 14.6 Å². The molecule has 0 radical (unpaired) electrons. The summed E-state index contributed by atoms with van der Waals surface area (Å²) in [5.41, 5.74) is 0.0652. The molecule has 0 bridgehead atoms. The summed E-state index contributed by atoms with van der Waals surface area (Å²) < 4.78 is 5.92. The largest absolute Gasteiger partial charge is 0.478 e. The van der Waals surface area contributed by atoms with E-state index in [9.17, 15) is 9.90 Å². The number of hydrogen-bond acceptors (Lipinski definition) is 2. The fourth-order valence-electron chi connectivity index (χ4n) is 2.57. The summed E-state index contributed by atoms with van der Waals surface area (Å²) in [6.45, 7) is 4.18. The van der Waals surface area contributed by atoms with Crippen LogP contribution in [0.3, 0.4) is 0 Å². The first-order valence-corrected chi connectivity index (χ1v) is 6.56. The van der Waals surface area contributed by atoms with Crippen LogP contribution in [-0.4, -0.2) is 16.7 Å². The standard InChI is InChI=1S/C15H20O3/c1-11(2)12-7-3-4-8-13(12)18-15(14(16)17)9-5-6-10-15/h3-4,7-8,11H,5-6,9-10H2,1-2H3,(H,16,17). The molecular formula is C15H20O3. The number of rotatable bonds is 4. The predicted octanol–water partition coefficient (Wildman–Crippen LogP) is 3.59. The van der Waals surface area contributed by atoms with Crippen molar-refractivity contribution >= 4 is 5.97 Å². The fourth-order valence-corrected chi connectivity index (χ4v) is 2.57. The van der Waals surface area contributed by atoms with Gasteiger partial charge in [-0.05, 0) is 43.2 Å². The zero-order chi connectivity index (χ0) is 13.2. The van der Waals surface area contributed by atoms with Gasteiger partial charge in [-0.15, -0.1) is 0 Å². The molecule has 1 aliphatic carbocycles. The Morgan fingerprint density at radius 2 is 1.89 bits per heavy atom. The average Bonchev–Trinajstić information content (AvgIpc) is 2.79. The van der Waals surface area contributed by atoms with Crippen molar-refractivity contribution in [3.63, 3.8) is 0 Å². The molecule has 0 atom stereocenters. The third-order valence-corrected chi connectivity index (χ3v) is 3.65. The van der Waals surface area contributed by atoms with Gasteiger partial charge in [0.1, 0.15) is 5.75 Å². The fraction of sp³-hybridized carbons (Fsp3) is 0.533. The first kappa shape index (κ1) is 12.9. The van der Waals surface area contributed by atoms with Crippen LogP contribution < -0.4 is 4.74 Å². The van der Waals surface area contributed by atoms with Crippen LogP contribution in [0.2, 0.25) is 0 Å². The number of ether oxygens (including phenoxy) is 1. The summed E-state index contributed by atoms with van der Waals surface area (Å²) in [6.07, 6.45) is 3.07. The van der Waals surface area contributed by atoms with Crippen LogP contribution in [0.1, 0.15) is 51.0 Å². The third kappa shape index (κ3) is 2.35. The summed E-state index contributed by atoms with van der Waals surface area (Å²) in [7, 11) is 0. The SMILES string of the molecule is CC(C)c1ccccc1OC1(C(=O)O)CCCC1. The topological polar surface area (TPSA) is 46.5 Å². The van der Waals surface area contributed by atoms with Crippen LogP contribution in [0.25, 0.3) is 0 Å². The van der Waals surface area contributed by atoms with E-state index in [0.29, 0.717) is 18.8 Å². The van der Waals surface area contributed by atoms with E-state index in [4.69, 9.17) is 4.74 Å². The quantitative estimate of drug-likeness (QED) is 0.885. The molecule has 3 nitrogen and oxygen atoms in total. The van der Waals surface area contributed by atoms with Gasteiger partial charge < -0.3 is 9.84 Å². The molecule has 0 heterocycles. The van der Waals surface area contributed by atoms with Gasteiger partial charge in [-0.2, -0.15) is 0 Å². The van der Waals surface area contributed by atoms with Crippen LogP contribution >= 0.6 is 0 Å². The first-order valence-electron chi connectivity index (χ1n) is 6.56. The molecule has 1 N–H and O–H groups in total. The Labute approximate surface area is 108 Å². The highest BCUT2D eigenvalue weighted by molar-refractivity contribution is 5.78. The zero-order valence-electron chi connectivity index (χ0n) is 11.0. The Kier molecular flexibility index (Phi) is 3.60. The Bertz CT molecular complexity index is 431. The normalized spacial score (nSPS) is 17.9. The highest BCUT2D eigenvalue weighted by Crippen LogP contribution is 2.37. The van der Waals surface area contributed by atoms with Crippen molar-refractivity contribution in [2.24, 2.45) is 0 Å². The van der Waals surface area contributed by atoms with Crippen molar-refractivity contribution in [3.05, 3.63) is 29.8 Å². The molecule has 1 aliphatic rings. The number of aliphatic carboxylic acids is 1. The first-order chi connectivity index (χ1) is 8.55. The van der Waals surface area contributed by atoms with Gasteiger partial charge >= 0.3 is 5.97 Å². The second-order valence-electron chi connectivity index (χ2n) is 5.30. The van der Waals surface area contributed by atoms with E-state index in [0.717, 1.165) is 24.2 Å². The minimum absolute atomic E-state index is 0.327. The average molecular weight is 248 g/mol. The number of carbonyl (C=O) groups is 1. The molecule has 0 amide bonds. The van der Waals surface area contributed by atoms with Gasteiger partial charge in [0.2, 0.25) is 5.60 Å². The maximum Gasteiger partial charge on any atom is 0.348 e. The minimum atomic E-state index is -1.01. The van der Waals surface area contributed by atoms with Gasteiger partial charge in [0.15, 0.2) is 0 Å². The van der Waals surface area contributed by atoms with Crippen molar-refractivity contribution in [3.8, 4) is 5.75 Å². The molecule has 1 saturated carbocycles. The molecular weight excluding hydrogens is 228 g/mol. The number of hydrogen-bond donors (Lipinski definition) is 1. The van der Waals surface area contributed by atoms with E-state index in [1.54, 1.807) is 0 Å². The van der Waals surface area contributed by atoms with E-state index in [2.05, 4.69) is 13.8 Å². The van der Waals surface area contributed by atoms with E-state index in [1.165, 1.54) is 0 Å². The Morgan fingerprint density at radius 3 is 2.44 bits per heavy atom. The van der Waals surface area contributed by atoms with Crippen LogP contribution in [0, 0.1) is 0 Å². The summed E-state index contributed by atoms with van der Waals surface area (Å²) in [6, 6.07) is 7.73. The summed E-state index contributed by atoms with van der Waals surface area (Å²) in [5, 5.41) is 9.43. The Hall–Kier alpha value is -1.51. The maximum atomic E-state index is 11.5. The molecule has 0 saturated heterocycles. The third-order valence-electron chi connectivity index (χ3n) is 3.65. The second kappa shape index (κ2) is 5.01. The molecule has 3 heteroatoms. The molecule has 0 aliphatic heterocycles. The molecule has 2 rings (SSSR count). The summed E-state index contributed by atoms with van der Waals surface area (Å²) in [4.78, 5) is 11.5. The Morgan fingerprint density at radius 1 is 1.28 bits per heavy atom. The number of carboxylic acids is 1. The van der Waals surface area contributed by atoms with E-state index in [1.807, 2.05) is 24.3 Å². The highest BCUT2D eigenvalue weighted by atomic mass is 16.5. The van der Waals surface area contributed by atoms with Crippen molar-refractivity contribution in [2.75, 3.05) is 0 Å². The van der Waals surface area contributed by atoms with E-state index in [-0.39, 0.29) is 0 Å². The molecule has 0 spiro atoms. The van der Waals surface area contributed by atoms with Crippen LogP contribution in [0.4, 0.5) is 0 Å². The monoisotopic (exact) mass is 248 g/mol. The molecule has 18 heavy (non-hydrogen) atoms. The van der Waals surface area contributed by atoms with Crippen molar-refractivity contribution in [2.45, 2.75) is 51.0 Å². The van der Waals surface area contributed by atoms with E-state index < -0.39 is 11.6 Å². The minimum Gasteiger partial charge on any atom is -0.478 e. The van der Waals surface area contributed by atoms with Gasteiger partial charge in [-0.1, -0.05) is 32.0 Å². The van der Waals surface area contributed by atoms with Crippen LogP contribution in [-0.2, 0) is 4.79 Å². The van der Waals surface area contributed by atoms with Gasteiger partial charge in [0.05, 0.1) is 0 Å².